The lowest BCUT2D eigenvalue weighted by Gasteiger charge is -2.32. The van der Waals surface area contributed by atoms with Crippen LogP contribution in [-0.2, 0) is 10.2 Å². The number of nitrogens with one attached hydrogen (secondary N) is 1. The summed E-state index contributed by atoms with van der Waals surface area (Å²) in [6, 6.07) is -0.0477. The quantitative estimate of drug-likeness (QED) is 0.866. The SMILES string of the molecule is CC1CCCCN1S(=O)(=O)Nc1c(Cl)ncnc1Cl. The molecule has 0 aromatic carbocycles. The summed E-state index contributed by atoms with van der Waals surface area (Å²) in [7, 11) is -3.70. The van der Waals surface area contributed by atoms with Crippen LogP contribution in [0.5, 0.6) is 0 Å². The minimum atomic E-state index is -3.70. The Balaban J connectivity index is 2.26. The third-order valence-corrected chi connectivity index (χ3v) is 5.23. The first-order chi connectivity index (χ1) is 8.92. The monoisotopic (exact) mass is 324 g/mol. The Morgan fingerprint density at radius 2 is 1.95 bits per heavy atom. The average molecular weight is 325 g/mol. The molecule has 1 saturated heterocycles. The van der Waals surface area contributed by atoms with E-state index < -0.39 is 10.2 Å². The van der Waals surface area contributed by atoms with E-state index in [2.05, 4.69) is 14.7 Å². The third kappa shape index (κ3) is 3.28. The van der Waals surface area contributed by atoms with Gasteiger partial charge in [0.1, 0.15) is 12.0 Å². The van der Waals surface area contributed by atoms with E-state index in [1.807, 2.05) is 6.92 Å². The molecule has 1 aliphatic heterocycles. The molecule has 1 unspecified atom stereocenters. The molecule has 0 radical (unpaired) electrons. The van der Waals surface area contributed by atoms with Crippen molar-refractivity contribution in [3.05, 3.63) is 16.6 Å². The van der Waals surface area contributed by atoms with E-state index in [9.17, 15) is 8.42 Å². The predicted octanol–water partition coefficient (Wildman–Crippen LogP) is 2.31. The smallest absolute Gasteiger partial charge is 0.265 e. The molecule has 0 aliphatic carbocycles. The van der Waals surface area contributed by atoms with Crippen LogP contribution < -0.4 is 4.72 Å². The van der Waals surface area contributed by atoms with Gasteiger partial charge < -0.3 is 0 Å². The topological polar surface area (TPSA) is 75.2 Å². The minimum Gasteiger partial charge on any atom is -0.265 e. The summed E-state index contributed by atoms with van der Waals surface area (Å²) in [6.07, 6.45) is 3.89. The summed E-state index contributed by atoms with van der Waals surface area (Å²) >= 11 is 11.7. The zero-order valence-electron chi connectivity index (χ0n) is 10.3. The van der Waals surface area contributed by atoms with Gasteiger partial charge in [-0.2, -0.15) is 12.7 Å². The fourth-order valence-corrected chi connectivity index (χ4v) is 4.08. The molecule has 0 saturated carbocycles. The van der Waals surface area contributed by atoms with Gasteiger partial charge in [0.15, 0.2) is 10.3 Å². The van der Waals surface area contributed by atoms with Crippen LogP contribution in [0.4, 0.5) is 5.69 Å². The molecular weight excluding hydrogens is 311 g/mol. The molecule has 2 rings (SSSR count). The maximum absolute atomic E-state index is 12.3. The highest BCUT2D eigenvalue weighted by molar-refractivity contribution is 7.90. The summed E-state index contributed by atoms with van der Waals surface area (Å²) < 4.78 is 28.4. The number of halogens is 2. The van der Waals surface area contributed by atoms with Gasteiger partial charge in [-0.3, -0.25) is 4.72 Å². The largest absolute Gasteiger partial charge is 0.302 e. The summed E-state index contributed by atoms with van der Waals surface area (Å²) in [5.41, 5.74) is 0.0172. The van der Waals surface area contributed by atoms with Gasteiger partial charge in [-0.15, -0.1) is 0 Å². The second-order valence-corrected chi connectivity index (χ2v) is 6.73. The molecule has 9 heteroatoms. The molecule has 1 fully saturated rings. The Morgan fingerprint density at radius 3 is 2.53 bits per heavy atom. The lowest BCUT2D eigenvalue weighted by Crippen LogP contribution is -2.44. The van der Waals surface area contributed by atoms with Gasteiger partial charge in [0.2, 0.25) is 0 Å². The Hall–Kier alpha value is -0.630. The van der Waals surface area contributed by atoms with Crippen LogP contribution in [0.1, 0.15) is 26.2 Å². The van der Waals surface area contributed by atoms with Crippen LogP contribution in [0, 0.1) is 0 Å². The van der Waals surface area contributed by atoms with Crippen LogP contribution in [0.25, 0.3) is 0 Å². The van der Waals surface area contributed by atoms with Gasteiger partial charge >= 0.3 is 10.2 Å². The van der Waals surface area contributed by atoms with Gasteiger partial charge in [0, 0.05) is 12.6 Å². The van der Waals surface area contributed by atoms with E-state index in [1.54, 1.807) is 0 Å². The highest BCUT2D eigenvalue weighted by atomic mass is 35.5. The lowest BCUT2D eigenvalue weighted by molar-refractivity contribution is 0.270. The Morgan fingerprint density at radius 1 is 1.32 bits per heavy atom. The highest BCUT2D eigenvalue weighted by Gasteiger charge is 2.30. The number of hydrogen-bond donors (Lipinski definition) is 1. The molecule has 6 nitrogen and oxygen atoms in total. The Labute approximate surface area is 122 Å². The van der Waals surface area contributed by atoms with Crippen LogP contribution >= 0.6 is 23.2 Å². The maximum Gasteiger partial charge on any atom is 0.302 e. The molecule has 0 bridgehead atoms. The van der Waals surface area contributed by atoms with Gasteiger partial charge in [-0.25, -0.2) is 9.97 Å². The van der Waals surface area contributed by atoms with Crippen molar-refractivity contribution >= 4 is 39.1 Å². The normalized spacial score (nSPS) is 21.3. The van der Waals surface area contributed by atoms with Crippen molar-refractivity contribution in [3.63, 3.8) is 0 Å². The zero-order valence-corrected chi connectivity index (χ0v) is 12.6. The molecule has 1 aromatic rings. The van der Waals surface area contributed by atoms with E-state index >= 15 is 0 Å². The first kappa shape index (κ1) is 14.8. The summed E-state index contributed by atoms with van der Waals surface area (Å²) in [5, 5.41) is -0.0403. The lowest BCUT2D eigenvalue weighted by atomic mass is 10.1. The van der Waals surface area contributed by atoms with E-state index in [4.69, 9.17) is 23.2 Å². The third-order valence-electron chi connectivity index (χ3n) is 3.04. The molecule has 2 heterocycles. The van der Waals surface area contributed by atoms with Crippen molar-refractivity contribution in [3.8, 4) is 0 Å². The summed E-state index contributed by atoms with van der Waals surface area (Å²) in [4.78, 5) is 7.43. The van der Waals surface area contributed by atoms with Crippen molar-refractivity contribution < 1.29 is 8.42 Å². The van der Waals surface area contributed by atoms with Crippen molar-refractivity contribution in [2.24, 2.45) is 0 Å². The van der Waals surface area contributed by atoms with Gasteiger partial charge in [0.05, 0.1) is 0 Å². The predicted molar refractivity (Wildman–Crippen MR) is 74.6 cm³/mol. The molecule has 1 atom stereocenters. The van der Waals surface area contributed by atoms with Gasteiger partial charge in [0.25, 0.3) is 0 Å². The standard InChI is InChI=1S/C10H14Cl2N4O2S/c1-7-4-2-3-5-16(7)19(17,18)15-8-9(11)13-6-14-10(8)12/h6-7,15H,2-5H2,1H3. The number of aromatic nitrogens is 2. The van der Waals surface area contributed by atoms with Crippen LogP contribution in [-0.4, -0.2) is 35.3 Å². The molecule has 0 spiro atoms. The second kappa shape index (κ2) is 5.78. The average Bonchev–Trinajstić information content (AvgIpc) is 2.34. The molecule has 1 N–H and O–H groups in total. The number of rotatable bonds is 3. The van der Waals surface area contributed by atoms with Crippen LogP contribution in [0.2, 0.25) is 10.3 Å². The van der Waals surface area contributed by atoms with E-state index in [0.717, 1.165) is 19.3 Å². The van der Waals surface area contributed by atoms with Crippen LogP contribution in [0.15, 0.2) is 6.33 Å². The minimum absolute atomic E-state index is 0.0172. The highest BCUT2D eigenvalue weighted by Crippen LogP contribution is 2.29. The van der Waals surface area contributed by atoms with E-state index in [0.29, 0.717) is 6.54 Å². The molecular formula is C10H14Cl2N4O2S. The Kier molecular flexibility index (Phi) is 4.50. The first-order valence-corrected chi connectivity index (χ1v) is 8.07. The van der Waals surface area contributed by atoms with E-state index in [1.165, 1.54) is 10.6 Å². The van der Waals surface area contributed by atoms with Crippen molar-refractivity contribution in [2.75, 3.05) is 11.3 Å². The number of anilines is 1. The maximum atomic E-state index is 12.3. The van der Waals surface area contributed by atoms with Crippen molar-refractivity contribution in [2.45, 2.75) is 32.2 Å². The zero-order chi connectivity index (χ0) is 14.0. The fraction of sp³-hybridized carbons (Fsp3) is 0.600. The summed E-state index contributed by atoms with van der Waals surface area (Å²) in [5.74, 6) is 0. The van der Waals surface area contributed by atoms with Crippen molar-refractivity contribution in [1.82, 2.24) is 14.3 Å². The van der Waals surface area contributed by atoms with Crippen LogP contribution in [0.3, 0.4) is 0 Å². The van der Waals surface area contributed by atoms with Gasteiger partial charge in [-0.1, -0.05) is 29.6 Å². The summed E-state index contributed by atoms with van der Waals surface area (Å²) in [6.45, 7) is 2.36. The molecule has 0 amide bonds. The number of hydrogen-bond acceptors (Lipinski definition) is 4. The van der Waals surface area contributed by atoms with E-state index in [-0.39, 0.29) is 22.0 Å². The number of nitrogens with zero attached hydrogens (tertiary/aromatic N) is 3. The first-order valence-electron chi connectivity index (χ1n) is 5.87. The second-order valence-electron chi connectivity index (χ2n) is 4.39. The fourth-order valence-electron chi connectivity index (χ4n) is 2.05. The molecule has 106 valence electrons. The molecule has 19 heavy (non-hydrogen) atoms. The number of piperidine rings is 1. The van der Waals surface area contributed by atoms with Gasteiger partial charge in [-0.05, 0) is 19.8 Å². The molecule has 1 aromatic heterocycles. The van der Waals surface area contributed by atoms with Crippen molar-refractivity contribution in [1.29, 1.82) is 0 Å². The molecule has 1 aliphatic rings. The Bertz CT molecular complexity index is 546.